The SMILES string of the molecule is CC1Cc2ccccc2N1C(=O)Nc1ccc(F)c(F)c1F. The van der Waals surface area contributed by atoms with Crippen LogP contribution in [-0.4, -0.2) is 12.1 Å². The molecule has 3 rings (SSSR count). The van der Waals surface area contributed by atoms with E-state index >= 15 is 0 Å². The Labute approximate surface area is 125 Å². The molecule has 0 fully saturated rings. The highest BCUT2D eigenvalue weighted by atomic mass is 19.2. The van der Waals surface area contributed by atoms with Gasteiger partial charge in [-0.15, -0.1) is 0 Å². The molecule has 1 N–H and O–H groups in total. The van der Waals surface area contributed by atoms with Crippen LogP contribution in [0.25, 0.3) is 0 Å². The first-order valence-corrected chi connectivity index (χ1v) is 6.80. The van der Waals surface area contributed by atoms with E-state index in [2.05, 4.69) is 5.32 Å². The molecule has 3 nitrogen and oxygen atoms in total. The summed E-state index contributed by atoms with van der Waals surface area (Å²) >= 11 is 0. The zero-order chi connectivity index (χ0) is 15.9. The molecular formula is C16H13F3N2O. The van der Waals surface area contributed by atoms with E-state index in [1.54, 1.807) is 12.1 Å². The number of nitrogens with zero attached hydrogens (tertiary/aromatic N) is 1. The highest BCUT2D eigenvalue weighted by Crippen LogP contribution is 2.32. The minimum absolute atomic E-state index is 0.106. The summed E-state index contributed by atoms with van der Waals surface area (Å²) in [6.07, 6.45) is 0.684. The van der Waals surface area contributed by atoms with E-state index in [-0.39, 0.29) is 11.7 Å². The summed E-state index contributed by atoms with van der Waals surface area (Å²) in [5.41, 5.74) is 1.35. The predicted octanol–water partition coefficient (Wildman–Crippen LogP) is 4.09. The van der Waals surface area contributed by atoms with E-state index in [4.69, 9.17) is 0 Å². The summed E-state index contributed by atoms with van der Waals surface area (Å²) in [7, 11) is 0. The van der Waals surface area contributed by atoms with Crippen molar-refractivity contribution < 1.29 is 18.0 Å². The fraction of sp³-hybridized carbons (Fsp3) is 0.188. The summed E-state index contributed by atoms with van der Waals surface area (Å²) < 4.78 is 39.8. The van der Waals surface area contributed by atoms with Gasteiger partial charge in [0.1, 0.15) is 0 Å². The van der Waals surface area contributed by atoms with Crippen molar-refractivity contribution in [2.45, 2.75) is 19.4 Å². The Morgan fingerprint density at radius 2 is 1.86 bits per heavy atom. The van der Waals surface area contributed by atoms with Gasteiger partial charge in [0.15, 0.2) is 17.5 Å². The zero-order valence-electron chi connectivity index (χ0n) is 11.7. The third-order valence-corrected chi connectivity index (χ3v) is 3.70. The Kier molecular flexibility index (Phi) is 3.52. The fourth-order valence-corrected chi connectivity index (χ4v) is 2.67. The summed E-state index contributed by atoms with van der Waals surface area (Å²) in [4.78, 5) is 13.9. The predicted molar refractivity (Wildman–Crippen MR) is 77.4 cm³/mol. The largest absolute Gasteiger partial charge is 0.326 e. The summed E-state index contributed by atoms with van der Waals surface area (Å²) in [6.45, 7) is 1.86. The average molecular weight is 306 g/mol. The smallest absolute Gasteiger partial charge is 0.305 e. The molecule has 114 valence electrons. The van der Waals surface area contributed by atoms with Crippen LogP contribution in [-0.2, 0) is 6.42 Å². The number of benzene rings is 2. The summed E-state index contributed by atoms with van der Waals surface area (Å²) in [6, 6.07) is 8.47. The van der Waals surface area contributed by atoms with E-state index in [9.17, 15) is 18.0 Å². The zero-order valence-corrected chi connectivity index (χ0v) is 11.7. The number of anilines is 2. The second-order valence-electron chi connectivity index (χ2n) is 5.20. The molecule has 0 saturated carbocycles. The van der Waals surface area contributed by atoms with Crippen LogP contribution in [0.1, 0.15) is 12.5 Å². The van der Waals surface area contributed by atoms with E-state index in [1.807, 2.05) is 19.1 Å². The maximum atomic E-state index is 13.7. The second kappa shape index (κ2) is 5.36. The molecule has 0 spiro atoms. The van der Waals surface area contributed by atoms with Crippen molar-refractivity contribution in [3.63, 3.8) is 0 Å². The van der Waals surface area contributed by atoms with Gasteiger partial charge in [-0.2, -0.15) is 0 Å². The van der Waals surface area contributed by atoms with Crippen molar-refractivity contribution in [2.24, 2.45) is 0 Å². The van der Waals surface area contributed by atoms with Gasteiger partial charge >= 0.3 is 6.03 Å². The number of hydrogen-bond donors (Lipinski definition) is 1. The van der Waals surface area contributed by atoms with Crippen LogP contribution in [0.4, 0.5) is 29.3 Å². The van der Waals surface area contributed by atoms with Gasteiger partial charge in [0.05, 0.1) is 5.69 Å². The number of halogens is 3. The van der Waals surface area contributed by atoms with Crippen LogP contribution >= 0.6 is 0 Å². The molecule has 1 aliphatic rings. The number of fused-ring (bicyclic) bond motifs is 1. The van der Waals surface area contributed by atoms with Crippen molar-refractivity contribution in [3.8, 4) is 0 Å². The van der Waals surface area contributed by atoms with Gasteiger partial charge in [-0.3, -0.25) is 4.90 Å². The molecule has 0 aliphatic carbocycles. The van der Waals surface area contributed by atoms with Gasteiger partial charge in [-0.25, -0.2) is 18.0 Å². The molecule has 1 aliphatic heterocycles. The Morgan fingerprint density at radius 3 is 2.64 bits per heavy atom. The number of nitrogens with one attached hydrogen (secondary N) is 1. The first kappa shape index (κ1) is 14.4. The third-order valence-electron chi connectivity index (χ3n) is 3.70. The van der Waals surface area contributed by atoms with Gasteiger partial charge < -0.3 is 5.32 Å². The lowest BCUT2D eigenvalue weighted by atomic mass is 10.1. The molecule has 0 aromatic heterocycles. The van der Waals surface area contributed by atoms with Crippen LogP contribution in [0.2, 0.25) is 0 Å². The van der Waals surface area contributed by atoms with E-state index in [0.717, 1.165) is 23.4 Å². The minimum Gasteiger partial charge on any atom is -0.305 e. The number of hydrogen-bond acceptors (Lipinski definition) is 1. The lowest BCUT2D eigenvalue weighted by Gasteiger charge is -2.23. The Balaban J connectivity index is 1.88. The number of carbonyl (C=O) groups excluding carboxylic acids is 1. The highest BCUT2D eigenvalue weighted by Gasteiger charge is 2.31. The molecule has 0 bridgehead atoms. The number of rotatable bonds is 1. The number of urea groups is 1. The molecule has 2 aromatic carbocycles. The fourth-order valence-electron chi connectivity index (χ4n) is 2.67. The van der Waals surface area contributed by atoms with Crippen molar-refractivity contribution in [3.05, 3.63) is 59.4 Å². The topological polar surface area (TPSA) is 32.3 Å². The van der Waals surface area contributed by atoms with Gasteiger partial charge in [0.2, 0.25) is 0 Å². The highest BCUT2D eigenvalue weighted by molar-refractivity contribution is 6.03. The molecule has 2 amide bonds. The van der Waals surface area contributed by atoms with Crippen molar-refractivity contribution in [1.29, 1.82) is 0 Å². The Hall–Kier alpha value is -2.50. The van der Waals surface area contributed by atoms with Crippen LogP contribution in [0, 0.1) is 17.5 Å². The second-order valence-corrected chi connectivity index (χ2v) is 5.20. The molecule has 1 unspecified atom stereocenters. The molecule has 22 heavy (non-hydrogen) atoms. The van der Waals surface area contributed by atoms with Crippen LogP contribution in [0.5, 0.6) is 0 Å². The van der Waals surface area contributed by atoms with Crippen molar-refractivity contribution in [1.82, 2.24) is 0 Å². The van der Waals surface area contributed by atoms with Crippen LogP contribution in [0.3, 0.4) is 0 Å². The number of para-hydroxylation sites is 1. The first-order valence-electron chi connectivity index (χ1n) is 6.80. The van der Waals surface area contributed by atoms with Gasteiger partial charge in [0.25, 0.3) is 0 Å². The molecule has 2 aromatic rings. The summed E-state index contributed by atoms with van der Waals surface area (Å²) in [5.74, 6) is -4.31. The lowest BCUT2D eigenvalue weighted by molar-refractivity contribution is 0.255. The quantitative estimate of drug-likeness (QED) is 0.791. The Bertz CT molecular complexity index is 748. The maximum Gasteiger partial charge on any atom is 0.326 e. The maximum absolute atomic E-state index is 13.7. The number of amides is 2. The molecule has 0 radical (unpaired) electrons. The van der Waals surface area contributed by atoms with E-state index in [0.29, 0.717) is 6.42 Å². The third kappa shape index (κ3) is 2.30. The monoisotopic (exact) mass is 306 g/mol. The van der Waals surface area contributed by atoms with E-state index in [1.165, 1.54) is 4.90 Å². The van der Waals surface area contributed by atoms with E-state index < -0.39 is 23.5 Å². The Morgan fingerprint density at radius 1 is 1.14 bits per heavy atom. The summed E-state index contributed by atoms with van der Waals surface area (Å²) in [5, 5.41) is 2.30. The molecule has 1 heterocycles. The van der Waals surface area contributed by atoms with Gasteiger partial charge in [-0.1, -0.05) is 18.2 Å². The van der Waals surface area contributed by atoms with Crippen molar-refractivity contribution in [2.75, 3.05) is 10.2 Å². The van der Waals surface area contributed by atoms with Gasteiger partial charge in [-0.05, 0) is 37.1 Å². The molecule has 6 heteroatoms. The average Bonchev–Trinajstić information content (AvgIpc) is 2.83. The lowest BCUT2D eigenvalue weighted by Crippen LogP contribution is -2.39. The first-order chi connectivity index (χ1) is 10.5. The standard InChI is InChI=1S/C16H13F3N2O/c1-9-8-10-4-2-3-5-13(10)21(9)16(22)20-12-7-6-11(17)14(18)15(12)19/h2-7,9H,8H2,1H3,(H,20,22). The normalized spacial score (nSPS) is 16.5. The number of carbonyl (C=O) groups is 1. The minimum atomic E-state index is -1.60. The van der Waals surface area contributed by atoms with Gasteiger partial charge in [0, 0.05) is 11.7 Å². The van der Waals surface area contributed by atoms with Crippen LogP contribution in [0.15, 0.2) is 36.4 Å². The van der Waals surface area contributed by atoms with Crippen LogP contribution < -0.4 is 10.2 Å². The molecular weight excluding hydrogens is 293 g/mol. The van der Waals surface area contributed by atoms with Crippen molar-refractivity contribution >= 4 is 17.4 Å². The molecule has 1 atom stereocenters. The molecule has 0 saturated heterocycles.